The summed E-state index contributed by atoms with van der Waals surface area (Å²) in [6.07, 6.45) is 0. The maximum Gasteiger partial charge on any atom is 0.252 e. The summed E-state index contributed by atoms with van der Waals surface area (Å²) in [6.45, 7) is 5.64. The van der Waals surface area contributed by atoms with Crippen LogP contribution in [0.5, 0.6) is 11.5 Å². The Hall–Kier alpha value is -3.14. The number of aromatic nitrogens is 1. The third kappa shape index (κ3) is 4.98. The molecule has 2 aromatic heterocycles. The minimum atomic E-state index is -3.90. The molecule has 0 spiro atoms. The van der Waals surface area contributed by atoms with Crippen molar-refractivity contribution in [1.29, 1.82) is 0 Å². The molecule has 0 aliphatic carbocycles. The molecule has 0 unspecified atom stereocenters. The predicted octanol–water partition coefficient (Wildman–Crippen LogP) is 4.92. The molecule has 0 saturated carbocycles. The molecule has 35 heavy (non-hydrogen) atoms. The maximum absolute atomic E-state index is 14.0. The molecule has 0 aliphatic heterocycles. The smallest absolute Gasteiger partial charge is 0.252 e. The van der Waals surface area contributed by atoms with E-state index in [0.29, 0.717) is 39.1 Å². The van der Waals surface area contributed by atoms with Gasteiger partial charge in [-0.3, -0.25) is 4.79 Å². The lowest BCUT2D eigenvalue weighted by atomic mass is 10.1. The quantitative estimate of drug-likeness (QED) is 0.362. The Bertz CT molecular complexity index is 1520. The molecule has 0 bridgehead atoms. The van der Waals surface area contributed by atoms with E-state index >= 15 is 0 Å². The molecule has 1 N–H and O–H groups in total. The second-order valence-corrected chi connectivity index (χ2v) is 11.4. The molecule has 0 aliphatic rings. The van der Waals surface area contributed by atoms with Crippen LogP contribution in [0.3, 0.4) is 0 Å². The zero-order chi connectivity index (χ0) is 25.3. The Kier molecular flexibility index (Phi) is 7.02. The predicted molar refractivity (Wildman–Crippen MR) is 139 cm³/mol. The Morgan fingerprint density at radius 1 is 0.943 bits per heavy atom. The molecule has 2 aromatic carbocycles. The van der Waals surface area contributed by atoms with Crippen molar-refractivity contribution in [2.75, 3.05) is 14.2 Å². The average Bonchev–Trinajstić information content (AvgIpc) is 3.30. The van der Waals surface area contributed by atoms with E-state index in [9.17, 15) is 13.2 Å². The third-order valence-corrected chi connectivity index (χ3v) is 8.85. The first kappa shape index (κ1) is 25.0. The number of hydrogen-bond donors (Lipinski definition) is 1. The van der Waals surface area contributed by atoms with Crippen LogP contribution in [0.1, 0.15) is 27.1 Å². The summed E-state index contributed by atoms with van der Waals surface area (Å²) < 4.78 is 40.0. The number of benzene rings is 2. The molecule has 0 fully saturated rings. The van der Waals surface area contributed by atoms with Gasteiger partial charge in [-0.15, -0.1) is 11.3 Å². The summed E-state index contributed by atoms with van der Waals surface area (Å²) >= 11 is 1.48. The number of H-pyrrole nitrogens is 1. The van der Waals surface area contributed by atoms with Gasteiger partial charge in [0.1, 0.15) is 0 Å². The summed E-state index contributed by atoms with van der Waals surface area (Å²) in [5.41, 5.74) is 2.93. The summed E-state index contributed by atoms with van der Waals surface area (Å²) in [7, 11) is -0.839. The monoisotopic (exact) mass is 512 g/mol. The second-order valence-electron chi connectivity index (χ2n) is 8.50. The molecular formula is C26H28N2O5S2. The zero-order valence-corrected chi connectivity index (χ0v) is 22.0. The van der Waals surface area contributed by atoms with Gasteiger partial charge >= 0.3 is 0 Å². The maximum atomic E-state index is 14.0. The summed E-state index contributed by atoms with van der Waals surface area (Å²) in [6, 6.07) is 12.7. The van der Waals surface area contributed by atoms with Gasteiger partial charge in [0.2, 0.25) is 10.0 Å². The minimum Gasteiger partial charge on any atom is -0.493 e. The molecule has 9 heteroatoms. The van der Waals surface area contributed by atoms with Gasteiger partial charge in [-0.1, -0.05) is 23.8 Å². The van der Waals surface area contributed by atoms with Crippen molar-refractivity contribution in [2.45, 2.75) is 38.8 Å². The average molecular weight is 513 g/mol. The van der Waals surface area contributed by atoms with Crippen LogP contribution in [0.2, 0.25) is 0 Å². The zero-order valence-electron chi connectivity index (χ0n) is 20.3. The van der Waals surface area contributed by atoms with Gasteiger partial charge in [0.05, 0.1) is 24.6 Å². The fourth-order valence-corrected chi connectivity index (χ4v) is 7.00. The van der Waals surface area contributed by atoms with Crippen LogP contribution >= 0.6 is 11.3 Å². The molecule has 0 radical (unpaired) electrons. The molecule has 2 heterocycles. The fourth-order valence-electron chi connectivity index (χ4n) is 4.39. The first-order valence-electron chi connectivity index (χ1n) is 11.0. The Morgan fingerprint density at radius 3 is 2.20 bits per heavy atom. The van der Waals surface area contributed by atoms with Crippen molar-refractivity contribution in [1.82, 2.24) is 9.29 Å². The lowest BCUT2D eigenvalue weighted by Gasteiger charge is -2.24. The van der Waals surface area contributed by atoms with Gasteiger partial charge in [0.25, 0.3) is 5.56 Å². The normalized spacial score (nSPS) is 11.8. The number of ether oxygens (including phenoxy) is 2. The van der Waals surface area contributed by atoms with E-state index in [1.807, 2.05) is 36.6 Å². The Labute approximate surface area is 209 Å². The summed E-state index contributed by atoms with van der Waals surface area (Å²) in [5.74, 6) is 1.02. The number of fused-ring (bicyclic) bond motifs is 1. The molecule has 0 atom stereocenters. The van der Waals surface area contributed by atoms with Crippen LogP contribution in [0.25, 0.3) is 10.9 Å². The minimum absolute atomic E-state index is 0.0768. The molecule has 0 amide bonds. The van der Waals surface area contributed by atoms with E-state index in [2.05, 4.69) is 4.98 Å². The van der Waals surface area contributed by atoms with Crippen LogP contribution in [-0.4, -0.2) is 31.9 Å². The van der Waals surface area contributed by atoms with Gasteiger partial charge in [0.15, 0.2) is 11.5 Å². The fraction of sp³-hybridized carbons (Fsp3) is 0.269. The number of nitrogens with one attached hydrogen (secondary N) is 1. The van der Waals surface area contributed by atoms with E-state index in [4.69, 9.17) is 9.47 Å². The lowest BCUT2D eigenvalue weighted by molar-refractivity contribution is 0.355. The van der Waals surface area contributed by atoms with Crippen molar-refractivity contribution in [2.24, 2.45) is 0 Å². The van der Waals surface area contributed by atoms with E-state index in [0.717, 1.165) is 10.4 Å². The largest absolute Gasteiger partial charge is 0.493 e. The van der Waals surface area contributed by atoms with Gasteiger partial charge in [0, 0.05) is 35.0 Å². The van der Waals surface area contributed by atoms with Crippen molar-refractivity contribution in [3.63, 3.8) is 0 Å². The highest BCUT2D eigenvalue weighted by molar-refractivity contribution is 7.89. The Balaban J connectivity index is 1.83. The highest BCUT2D eigenvalue weighted by Gasteiger charge is 2.29. The standard InChI is InChI=1S/C26H28N2O5S2/c1-16-9-17(2)25(18(3)10-16)35(30,31)28(15-21-7-6-8-34-21)14-20-11-19-12-23(32-4)24(33-5)13-22(19)27-26(20)29/h6-13H,14-15H2,1-5H3,(H,27,29). The van der Waals surface area contributed by atoms with Crippen molar-refractivity contribution in [3.8, 4) is 11.5 Å². The molecule has 7 nitrogen and oxygen atoms in total. The lowest BCUT2D eigenvalue weighted by Crippen LogP contribution is -2.33. The number of hydrogen-bond acceptors (Lipinski definition) is 6. The highest BCUT2D eigenvalue weighted by Crippen LogP contribution is 2.32. The SMILES string of the molecule is COc1cc2cc(CN(Cc3cccs3)S(=O)(=O)c3c(C)cc(C)cc3C)c(=O)[nH]c2cc1OC. The van der Waals surface area contributed by atoms with Crippen molar-refractivity contribution < 1.29 is 17.9 Å². The molecule has 184 valence electrons. The number of aryl methyl sites for hydroxylation is 3. The van der Waals surface area contributed by atoms with Crippen LogP contribution in [0.15, 0.2) is 57.5 Å². The van der Waals surface area contributed by atoms with E-state index in [1.165, 1.54) is 29.9 Å². The van der Waals surface area contributed by atoms with Crippen molar-refractivity contribution >= 4 is 32.3 Å². The number of sulfonamides is 1. The molecule has 4 rings (SSSR count). The first-order valence-corrected chi connectivity index (χ1v) is 13.3. The number of thiophene rings is 1. The van der Waals surface area contributed by atoms with E-state index in [-0.39, 0.29) is 23.5 Å². The van der Waals surface area contributed by atoms with Gasteiger partial charge in [-0.2, -0.15) is 4.31 Å². The van der Waals surface area contributed by atoms with E-state index in [1.54, 1.807) is 32.0 Å². The molecular weight excluding hydrogens is 484 g/mol. The van der Waals surface area contributed by atoms with Crippen LogP contribution in [0.4, 0.5) is 0 Å². The third-order valence-electron chi connectivity index (χ3n) is 5.89. The molecule has 0 saturated heterocycles. The van der Waals surface area contributed by atoms with Gasteiger partial charge in [-0.05, 0) is 55.5 Å². The van der Waals surface area contributed by atoms with Crippen LogP contribution in [-0.2, 0) is 23.1 Å². The number of methoxy groups -OCH3 is 2. The molecule has 4 aromatic rings. The summed E-state index contributed by atoms with van der Waals surface area (Å²) in [4.78, 5) is 17.1. The number of pyridine rings is 1. The highest BCUT2D eigenvalue weighted by atomic mass is 32.2. The topological polar surface area (TPSA) is 88.7 Å². The first-order chi connectivity index (χ1) is 16.6. The van der Waals surface area contributed by atoms with Crippen LogP contribution in [0, 0.1) is 20.8 Å². The number of nitrogens with zero attached hydrogens (tertiary/aromatic N) is 1. The number of rotatable bonds is 8. The van der Waals surface area contributed by atoms with Gasteiger partial charge < -0.3 is 14.5 Å². The second kappa shape index (κ2) is 9.85. The Morgan fingerprint density at radius 2 is 1.60 bits per heavy atom. The number of aromatic amines is 1. The van der Waals surface area contributed by atoms with Gasteiger partial charge in [-0.25, -0.2) is 8.42 Å². The van der Waals surface area contributed by atoms with Crippen molar-refractivity contribution in [3.05, 3.63) is 85.3 Å². The van der Waals surface area contributed by atoms with E-state index < -0.39 is 10.0 Å². The summed E-state index contributed by atoms with van der Waals surface area (Å²) in [5, 5.41) is 2.62. The van der Waals surface area contributed by atoms with Crippen LogP contribution < -0.4 is 15.0 Å².